The molecule has 1 aliphatic rings. The lowest BCUT2D eigenvalue weighted by Crippen LogP contribution is -2.49. The van der Waals surface area contributed by atoms with Gasteiger partial charge >= 0.3 is 0 Å². The van der Waals surface area contributed by atoms with E-state index in [4.69, 9.17) is 15.2 Å². The van der Waals surface area contributed by atoms with Crippen LogP contribution in [0.2, 0.25) is 0 Å². The van der Waals surface area contributed by atoms with Crippen molar-refractivity contribution in [2.75, 3.05) is 33.9 Å². The Labute approximate surface area is 99.1 Å². The SMILES string of the molecule is CCC(N)(CC)CN1CC(OC)C(OC)C1. The fourth-order valence-electron chi connectivity index (χ4n) is 2.32. The van der Waals surface area contributed by atoms with Gasteiger partial charge in [0.15, 0.2) is 0 Å². The van der Waals surface area contributed by atoms with Crippen LogP contribution in [0.5, 0.6) is 0 Å². The van der Waals surface area contributed by atoms with E-state index < -0.39 is 0 Å². The lowest BCUT2D eigenvalue weighted by atomic mass is 9.94. The lowest BCUT2D eigenvalue weighted by Gasteiger charge is -2.31. The molecular weight excluding hydrogens is 204 g/mol. The van der Waals surface area contributed by atoms with E-state index in [0.717, 1.165) is 32.5 Å². The molecular formula is C12H26N2O2. The highest BCUT2D eigenvalue weighted by Gasteiger charge is 2.35. The Morgan fingerprint density at radius 3 is 1.88 bits per heavy atom. The van der Waals surface area contributed by atoms with Crippen molar-refractivity contribution in [2.45, 2.75) is 44.4 Å². The molecule has 1 heterocycles. The fraction of sp³-hybridized carbons (Fsp3) is 1.00. The van der Waals surface area contributed by atoms with Gasteiger partial charge < -0.3 is 15.2 Å². The van der Waals surface area contributed by atoms with E-state index in [2.05, 4.69) is 18.7 Å². The normalized spacial score (nSPS) is 27.6. The summed E-state index contributed by atoms with van der Waals surface area (Å²) in [7, 11) is 3.49. The Hall–Kier alpha value is -0.160. The van der Waals surface area contributed by atoms with E-state index in [0.29, 0.717) is 0 Å². The fourth-order valence-corrected chi connectivity index (χ4v) is 2.32. The van der Waals surface area contributed by atoms with Gasteiger partial charge in [-0.1, -0.05) is 13.8 Å². The molecule has 4 heteroatoms. The molecule has 2 atom stereocenters. The molecule has 0 bridgehead atoms. The van der Waals surface area contributed by atoms with Gasteiger partial charge in [0.25, 0.3) is 0 Å². The predicted molar refractivity (Wildman–Crippen MR) is 65.5 cm³/mol. The van der Waals surface area contributed by atoms with Crippen LogP contribution in [-0.4, -0.2) is 56.5 Å². The second-order valence-electron chi connectivity index (χ2n) is 4.81. The monoisotopic (exact) mass is 230 g/mol. The molecule has 0 spiro atoms. The molecule has 0 amide bonds. The third-order valence-corrected chi connectivity index (χ3v) is 3.84. The average Bonchev–Trinajstić information content (AvgIpc) is 2.70. The van der Waals surface area contributed by atoms with Gasteiger partial charge in [-0.25, -0.2) is 0 Å². The molecule has 0 aromatic heterocycles. The standard InChI is InChI=1S/C12H26N2O2/c1-5-12(13,6-2)9-14-7-10(15-3)11(8-14)16-4/h10-11H,5-9,13H2,1-4H3. The van der Waals surface area contributed by atoms with Crippen molar-refractivity contribution in [3.8, 4) is 0 Å². The number of rotatable bonds is 6. The summed E-state index contributed by atoms with van der Waals surface area (Å²) in [5, 5.41) is 0. The summed E-state index contributed by atoms with van der Waals surface area (Å²) in [5.41, 5.74) is 6.26. The molecule has 1 fully saturated rings. The van der Waals surface area contributed by atoms with Crippen molar-refractivity contribution in [1.29, 1.82) is 0 Å². The maximum atomic E-state index is 6.33. The summed E-state index contributed by atoms with van der Waals surface area (Å²) in [4.78, 5) is 2.36. The number of hydrogen-bond acceptors (Lipinski definition) is 4. The van der Waals surface area contributed by atoms with Gasteiger partial charge in [0.05, 0.1) is 12.2 Å². The summed E-state index contributed by atoms with van der Waals surface area (Å²) in [6, 6.07) is 0. The van der Waals surface area contributed by atoms with E-state index in [9.17, 15) is 0 Å². The van der Waals surface area contributed by atoms with Crippen LogP contribution in [0.4, 0.5) is 0 Å². The molecule has 0 radical (unpaired) electrons. The maximum Gasteiger partial charge on any atom is 0.0971 e. The highest BCUT2D eigenvalue weighted by Crippen LogP contribution is 2.20. The smallest absolute Gasteiger partial charge is 0.0971 e. The first-order valence-electron chi connectivity index (χ1n) is 6.15. The number of nitrogens with zero attached hydrogens (tertiary/aromatic N) is 1. The molecule has 2 N–H and O–H groups in total. The van der Waals surface area contributed by atoms with Crippen molar-refractivity contribution in [2.24, 2.45) is 5.73 Å². The van der Waals surface area contributed by atoms with Crippen molar-refractivity contribution in [3.05, 3.63) is 0 Å². The lowest BCUT2D eigenvalue weighted by molar-refractivity contribution is -0.00461. The molecule has 4 nitrogen and oxygen atoms in total. The van der Waals surface area contributed by atoms with Gasteiger partial charge in [0.2, 0.25) is 0 Å². The number of nitrogens with two attached hydrogens (primary N) is 1. The Morgan fingerprint density at radius 2 is 1.56 bits per heavy atom. The number of ether oxygens (including phenoxy) is 2. The Morgan fingerprint density at radius 1 is 1.12 bits per heavy atom. The minimum Gasteiger partial charge on any atom is -0.377 e. The zero-order valence-corrected chi connectivity index (χ0v) is 11.0. The van der Waals surface area contributed by atoms with Gasteiger partial charge in [-0.15, -0.1) is 0 Å². The van der Waals surface area contributed by atoms with E-state index in [1.807, 2.05) is 0 Å². The van der Waals surface area contributed by atoms with Crippen molar-refractivity contribution < 1.29 is 9.47 Å². The summed E-state index contributed by atoms with van der Waals surface area (Å²) >= 11 is 0. The van der Waals surface area contributed by atoms with Crippen LogP contribution in [-0.2, 0) is 9.47 Å². The van der Waals surface area contributed by atoms with Crippen LogP contribution >= 0.6 is 0 Å². The third kappa shape index (κ3) is 3.17. The quantitative estimate of drug-likeness (QED) is 0.735. The Balaban J connectivity index is 2.51. The predicted octanol–water partition coefficient (Wildman–Crippen LogP) is 0.850. The van der Waals surface area contributed by atoms with Crippen LogP contribution < -0.4 is 5.73 Å². The second kappa shape index (κ2) is 5.96. The maximum absolute atomic E-state index is 6.33. The molecule has 16 heavy (non-hydrogen) atoms. The molecule has 0 aromatic carbocycles. The largest absolute Gasteiger partial charge is 0.377 e. The van der Waals surface area contributed by atoms with E-state index in [1.165, 1.54) is 0 Å². The van der Waals surface area contributed by atoms with Gasteiger partial charge in [0.1, 0.15) is 0 Å². The molecule has 0 aromatic rings. The van der Waals surface area contributed by atoms with Crippen molar-refractivity contribution in [3.63, 3.8) is 0 Å². The second-order valence-corrected chi connectivity index (χ2v) is 4.81. The summed E-state index contributed by atoms with van der Waals surface area (Å²) in [5.74, 6) is 0. The molecule has 96 valence electrons. The molecule has 1 saturated heterocycles. The zero-order valence-electron chi connectivity index (χ0n) is 11.0. The number of methoxy groups -OCH3 is 2. The highest BCUT2D eigenvalue weighted by atomic mass is 16.5. The van der Waals surface area contributed by atoms with Crippen LogP contribution in [0.1, 0.15) is 26.7 Å². The van der Waals surface area contributed by atoms with E-state index >= 15 is 0 Å². The molecule has 0 saturated carbocycles. The molecule has 2 unspecified atom stereocenters. The Kier molecular flexibility index (Phi) is 5.18. The molecule has 1 aliphatic heterocycles. The van der Waals surface area contributed by atoms with Gasteiger partial charge in [-0.05, 0) is 12.8 Å². The van der Waals surface area contributed by atoms with Crippen LogP contribution in [0.15, 0.2) is 0 Å². The van der Waals surface area contributed by atoms with Crippen LogP contribution in [0, 0.1) is 0 Å². The highest BCUT2D eigenvalue weighted by molar-refractivity contribution is 4.92. The summed E-state index contributed by atoms with van der Waals surface area (Å²) < 4.78 is 10.8. The van der Waals surface area contributed by atoms with Crippen molar-refractivity contribution in [1.82, 2.24) is 4.90 Å². The minimum absolute atomic E-state index is 0.0685. The van der Waals surface area contributed by atoms with Crippen LogP contribution in [0.3, 0.4) is 0 Å². The summed E-state index contributed by atoms with van der Waals surface area (Å²) in [6.07, 6.45) is 2.39. The zero-order chi connectivity index (χ0) is 12.2. The first-order valence-corrected chi connectivity index (χ1v) is 6.15. The van der Waals surface area contributed by atoms with Gasteiger partial charge in [-0.2, -0.15) is 0 Å². The third-order valence-electron chi connectivity index (χ3n) is 3.84. The minimum atomic E-state index is -0.0685. The molecule has 1 rings (SSSR count). The van der Waals surface area contributed by atoms with E-state index in [1.54, 1.807) is 14.2 Å². The van der Waals surface area contributed by atoms with Crippen molar-refractivity contribution >= 4 is 0 Å². The average molecular weight is 230 g/mol. The topological polar surface area (TPSA) is 47.7 Å². The van der Waals surface area contributed by atoms with Crippen LogP contribution in [0.25, 0.3) is 0 Å². The first-order chi connectivity index (χ1) is 7.58. The Bertz CT molecular complexity index is 195. The first kappa shape index (κ1) is 13.9. The number of hydrogen-bond donors (Lipinski definition) is 1. The van der Waals surface area contributed by atoms with E-state index in [-0.39, 0.29) is 17.7 Å². The molecule has 0 aliphatic carbocycles. The summed E-state index contributed by atoms with van der Waals surface area (Å²) in [6.45, 7) is 7.09. The van der Waals surface area contributed by atoms with Gasteiger partial charge in [-0.3, -0.25) is 4.90 Å². The van der Waals surface area contributed by atoms with Gasteiger partial charge in [0, 0.05) is 39.4 Å². The number of likely N-dealkylation sites (tertiary alicyclic amines) is 1.